The Morgan fingerprint density at radius 2 is 1.97 bits per heavy atom. The van der Waals surface area contributed by atoms with Crippen molar-refractivity contribution in [1.29, 1.82) is 0 Å². The number of aldehydes is 1. The number of nitrogens with two attached hydrogens (primary N) is 1. The van der Waals surface area contributed by atoms with Gasteiger partial charge in [0.15, 0.2) is 0 Å². The Labute approximate surface area is 217 Å². The zero-order valence-corrected chi connectivity index (χ0v) is 21.6. The molecule has 0 unspecified atom stereocenters. The van der Waals surface area contributed by atoms with Crippen LogP contribution in [0.2, 0.25) is 0 Å². The van der Waals surface area contributed by atoms with Gasteiger partial charge in [-0.25, -0.2) is 4.98 Å². The minimum Gasteiger partial charge on any atom is -0.386 e. The predicted octanol–water partition coefficient (Wildman–Crippen LogP) is 3.85. The number of fused-ring (bicyclic) bond motifs is 1. The molecule has 4 rings (SSSR count). The highest BCUT2D eigenvalue weighted by Gasteiger charge is 2.16. The molecule has 192 valence electrons. The van der Waals surface area contributed by atoms with Crippen LogP contribution in [0.3, 0.4) is 0 Å². The van der Waals surface area contributed by atoms with Crippen LogP contribution in [-0.4, -0.2) is 51.8 Å². The highest BCUT2D eigenvalue weighted by Crippen LogP contribution is 2.25. The van der Waals surface area contributed by atoms with E-state index < -0.39 is 0 Å². The lowest BCUT2D eigenvalue weighted by atomic mass is 10.1. The summed E-state index contributed by atoms with van der Waals surface area (Å²) >= 11 is 0. The van der Waals surface area contributed by atoms with Crippen LogP contribution in [0.4, 0.5) is 0 Å². The van der Waals surface area contributed by atoms with Gasteiger partial charge in [-0.15, -0.1) is 0 Å². The SMILES string of the molecule is C=C(N)NCCC=O.Cc1cccc(-c2nc3cc(C(=O)N(C)CCc4ccccn4)ccc3n2C)c1. The molecule has 1 amide bonds. The summed E-state index contributed by atoms with van der Waals surface area (Å²) in [5, 5.41) is 2.70. The fourth-order valence-electron chi connectivity index (χ4n) is 3.82. The van der Waals surface area contributed by atoms with Crippen LogP contribution >= 0.6 is 0 Å². The number of nitrogens with one attached hydrogen (secondary N) is 1. The lowest BCUT2D eigenvalue weighted by Gasteiger charge is -2.17. The highest BCUT2D eigenvalue weighted by atomic mass is 16.2. The number of pyridine rings is 1. The van der Waals surface area contributed by atoms with Crippen LogP contribution in [0.15, 0.2) is 79.3 Å². The molecular weight excluding hydrogens is 464 g/mol. The zero-order chi connectivity index (χ0) is 26.8. The Morgan fingerprint density at radius 3 is 2.65 bits per heavy atom. The molecule has 0 aliphatic heterocycles. The van der Waals surface area contributed by atoms with Gasteiger partial charge >= 0.3 is 0 Å². The van der Waals surface area contributed by atoms with Crippen LogP contribution in [0.5, 0.6) is 0 Å². The molecule has 2 aromatic heterocycles. The first kappa shape index (κ1) is 27.1. The Hall–Kier alpha value is -4.46. The average Bonchev–Trinajstić information content (AvgIpc) is 3.23. The van der Waals surface area contributed by atoms with E-state index >= 15 is 0 Å². The van der Waals surface area contributed by atoms with Crippen LogP contribution < -0.4 is 11.1 Å². The molecule has 4 aromatic rings. The number of rotatable bonds is 9. The number of aromatic nitrogens is 3. The number of aryl methyl sites for hydroxylation is 2. The third-order valence-electron chi connectivity index (χ3n) is 5.79. The number of amides is 1. The Bertz CT molecular complexity index is 1360. The summed E-state index contributed by atoms with van der Waals surface area (Å²) in [6, 6.07) is 19.9. The van der Waals surface area contributed by atoms with E-state index in [1.54, 1.807) is 11.1 Å². The molecule has 0 saturated heterocycles. The standard InChI is InChI=1S/C24H24N4O.C5H10N2O/c1-17-7-6-8-18(15-17)23-26-21-16-19(10-11-22(21)28(23)3)24(29)27(2)14-12-20-9-4-5-13-25-20;1-5(6)7-3-2-4-8/h4-11,13,15-16H,12,14H2,1-3H3;4,7H,1-3,6H2. The molecule has 2 heterocycles. The lowest BCUT2D eigenvalue weighted by Crippen LogP contribution is -2.29. The first-order valence-electron chi connectivity index (χ1n) is 12.1. The predicted molar refractivity (Wildman–Crippen MR) is 148 cm³/mol. The van der Waals surface area contributed by atoms with Crippen molar-refractivity contribution >= 4 is 23.2 Å². The quantitative estimate of drug-likeness (QED) is 0.268. The van der Waals surface area contributed by atoms with Crippen LogP contribution in [0.1, 0.15) is 28.0 Å². The van der Waals surface area contributed by atoms with E-state index in [1.807, 2.05) is 56.6 Å². The van der Waals surface area contributed by atoms with Crippen molar-refractivity contribution in [2.75, 3.05) is 20.1 Å². The number of likely N-dealkylation sites (N-methyl/N-ethyl adjacent to an activating group) is 1. The van der Waals surface area contributed by atoms with E-state index in [2.05, 4.69) is 46.6 Å². The van der Waals surface area contributed by atoms with Crippen molar-refractivity contribution in [2.45, 2.75) is 19.8 Å². The molecule has 0 spiro atoms. The number of hydrogen-bond donors (Lipinski definition) is 2. The number of nitrogens with zero attached hydrogens (tertiary/aromatic N) is 4. The molecule has 0 fully saturated rings. The normalized spacial score (nSPS) is 10.4. The first-order valence-corrected chi connectivity index (χ1v) is 12.1. The number of hydrogen-bond acceptors (Lipinski definition) is 6. The summed E-state index contributed by atoms with van der Waals surface area (Å²) in [4.78, 5) is 33.4. The molecule has 0 saturated carbocycles. The third-order valence-corrected chi connectivity index (χ3v) is 5.79. The number of carbonyl (C=O) groups is 2. The van der Waals surface area contributed by atoms with Gasteiger partial charge in [-0.2, -0.15) is 0 Å². The fraction of sp³-hybridized carbons (Fsp3) is 0.241. The van der Waals surface area contributed by atoms with E-state index in [0.717, 1.165) is 40.8 Å². The highest BCUT2D eigenvalue weighted by molar-refractivity contribution is 5.97. The summed E-state index contributed by atoms with van der Waals surface area (Å²) in [5.41, 5.74) is 10.8. The van der Waals surface area contributed by atoms with Crippen molar-refractivity contribution in [3.63, 3.8) is 0 Å². The maximum atomic E-state index is 12.9. The Balaban J connectivity index is 0.000000414. The zero-order valence-electron chi connectivity index (χ0n) is 21.6. The minimum atomic E-state index is -0.00871. The van der Waals surface area contributed by atoms with E-state index in [0.29, 0.717) is 30.9 Å². The largest absolute Gasteiger partial charge is 0.386 e. The summed E-state index contributed by atoms with van der Waals surface area (Å²) in [6.07, 6.45) is 3.82. The van der Waals surface area contributed by atoms with Gasteiger partial charge in [0.2, 0.25) is 0 Å². The molecule has 37 heavy (non-hydrogen) atoms. The maximum Gasteiger partial charge on any atom is 0.253 e. The molecule has 0 bridgehead atoms. The van der Waals surface area contributed by atoms with Crippen molar-refractivity contribution in [1.82, 2.24) is 24.8 Å². The molecule has 0 atom stereocenters. The fourth-order valence-corrected chi connectivity index (χ4v) is 3.82. The molecule has 0 aliphatic rings. The smallest absolute Gasteiger partial charge is 0.253 e. The van der Waals surface area contributed by atoms with Gasteiger partial charge in [-0.1, -0.05) is 36.4 Å². The molecule has 0 radical (unpaired) electrons. The number of carbonyl (C=O) groups excluding carboxylic acids is 2. The second kappa shape index (κ2) is 13.0. The summed E-state index contributed by atoms with van der Waals surface area (Å²) in [7, 11) is 3.83. The second-order valence-electron chi connectivity index (χ2n) is 8.77. The number of benzene rings is 2. The van der Waals surface area contributed by atoms with Gasteiger partial charge < -0.3 is 25.3 Å². The van der Waals surface area contributed by atoms with Gasteiger partial charge in [0.25, 0.3) is 5.91 Å². The summed E-state index contributed by atoms with van der Waals surface area (Å²) in [6.45, 7) is 6.65. The van der Waals surface area contributed by atoms with Gasteiger partial charge in [0.05, 0.1) is 16.9 Å². The van der Waals surface area contributed by atoms with Crippen molar-refractivity contribution in [3.8, 4) is 11.4 Å². The molecule has 3 N–H and O–H groups in total. The third kappa shape index (κ3) is 7.51. The lowest BCUT2D eigenvalue weighted by molar-refractivity contribution is -0.107. The summed E-state index contributed by atoms with van der Waals surface area (Å²) < 4.78 is 2.07. The van der Waals surface area contributed by atoms with Gasteiger partial charge in [-0.05, 0) is 43.3 Å². The van der Waals surface area contributed by atoms with Crippen LogP contribution in [0, 0.1) is 6.92 Å². The monoisotopic (exact) mass is 498 g/mol. The minimum absolute atomic E-state index is 0.00871. The second-order valence-corrected chi connectivity index (χ2v) is 8.77. The molecule has 0 aliphatic carbocycles. The molecule has 8 nitrogen and oxygen atoms in total. The van der Waals surface area contributed by atoms with Crippen LogP contribution in [-0.2, 0) is 18.3 Å². The van der Waals surface area contributed by atoms with E-state index in [1.165, 1.54) is 5.56 Å². The van der Waals surface area contributed by atoms with E-state index in [-0.39, 0.29) is 5.91 Å². The average molecular weight is 499 g/mol. The van der Waals surface area contributed by atoms with E-state index in [4.69, 9.17) is 10.7 Å². The first-order chi connectivity index (χ1) is 17.8. The Kier molecular flexibility index (Phi) is 9.55. The molecular formula is C29H34N6O2. The Morgan fingerprint density at radius 1 is 1.16 bits per heavy atom. The van der Waals surface area contributed by atoms with Crippen molar-refractivity contribution in [2.24, 2.45) is 12.8 Å². The van der Waals surface area contributed by atoms with Crippen LogP contribution in [0.25, 0.3) is 22.4 Å². The van der Waals surface area contributed by atoms with E-state index in [9.17, 15) is 9.59 Å². The molecule has 2 aromatic carbocycles. The van der Waals surface area contributed by atoms with Gasteiger partial charge in [0, 0.05) is 63.0 Å². The molecule has 8 heteroatoms. The topological polar surface area (TPSA) is 106 Å². The maximum absolute atomic E-state index is 12.9. The van der Waals surface area contributed by atoms with Gasteiger partial charge in [-0.3, -0.25) is 9.78 Å². The van der Waals surface area contributed by atoms with Crippen molar-refractivity contribution in [3.05, 3.63) is 96.1 Å². The van der Waals surface area contributed by atoms with Crippen molar-refractivity contribution < 1.29 is 9.59 Å². The van der Waals surface area contributed by atoms with Gasteiger partial charge in [0.1, 0.15) is 12.1 Å². The summed E-state index contributed by atoms with van der Waals surface area (Å²) in [5.74, 6) is 1.30. The number of imidazole rings is 1.